The minimum Gasteiger partial charge on any atom is -0.462 e. The molecule has 0 aliphatic heterocycles. The van der Waals surface area contributed by atoms with E-state index in [1.54, 1.807) is 19.1 Å². The first-order valence-corrected chi connectivity index (χ1v) is 10.00. The number of sulfonamides is 1. The molecular weight excluding hydrogens is 368 g/mol. The van der Waals surface area contributed by atoms with Crippen LogP contribution in [-0.4, -0.2) is 33.4 Å². The minimum absolute atomic E-state index is 0.0442. The Kier molecular flexibility index (Phi) is 7.09. The number of carbonyl (C=O) groups is 2. The fourth-order valence-electron chi connectivity index (χ4n) is 2.37. The monoisotopic (exact) mass is 390 g/mol. The van der Waals surface area contributed by atoms with Crippen LogP contribution in [-0.2, 0) is 26.0 Å². The summed E-state index contributed by atoms with van der Waals surface area (Å²) in [4.78, 5) is 23.6. The van der Waals surface area contributed by atoms with Crippen LogP contribution < -0.4 is 10.0 Å². The van der Waals surface area contributed by atoms with Crippen molar-refractivity contribution < 1.29 is 22.7 Å². The zero-order chi connectivity index (χ0) is 19.9. The molecule has 0 unspecified atom stereocenters. The van der Waals surface area contributed by atoms with E-state index >= 15 is 0 Å². The number of rotatable bonds is 8. The smallest absolute Gasteiger partial charge is 0.338 e. The predicted molar refractivity (Wildman–Crippen MR) is 102 cm³/mol. The Bertz CT molecular complexity index is 908. The van der Waals surface area contributed by atoms with E-state index in [0.717, 1.165) is 12.0 Å². The minimum atomic E-state index is -3.88. The van der Waals surface area contributed by atoms with Gasteiger partial charge in [-0.2, -0.15) is 0 Å². The van der Waals surface area contributed by atoms with Crippen LogP contribution in [0.1, 0.15) is 29.8 Å². The van der Waals surface area contributed by atoms with Crippen molar-refractivity contribution in [3.63, 3.8) is 0 Å². The second-order valence-electron chi connectivity index (χ2n) is 5.63. The lowest BCUT2D eigenvalue weighted by Crippen LogP contribution is -2.33. The predicted octanol–water partition coefficient (Wildman–Crippen LogP) is 2.34. The van der Waals surface area contributed by atoms with Crippen molar-refractivity contribution in [2.24, 2.45) is 0 Å². The lowest BCUT2D eigenvalue weighted by molar-refractivity contribution is -0.115. The summed E-state index contributed by atoms with van der Waals surface area (Å²) in [5, 5.41) is 2.70. The van der Waals surface area contributed by atoms with Gasteiger partial charge in [0.2, 0.25) is 15.9 Å². The third-order valence-electron chi connectivity index (χ3n) is 3.77. The number of nitrogens with one attached hydrogen (secondary N) is 2. The standard InChI is InChI=1S/C19H22N2O5S/c1-3-14-7-5-6-8-17(14)21-18(22)13-20-27(24,25)16-11-9-15(10-12-16)19(23)26-4-2/h5-12,20H,3-4,13H2,1-2H3,(H,21,22). The summed E-state index contributed by atoms with van der Waals surface area (Å²) in [5.74, 6) is -0.994. The number of esters is 1. The average Bonchev–Trinajstić information content (AvgIpc) is 2.67. The van der Waals surface area contributed by atoms with Crippen molar-refractivity contribution >= 4 is 27.6 Å². The Morgan fingerprint density at radius 2 is 1.67 bits per heavy atom. The number of amides is 1. The molecule has 2 N–H and O–H groups in total. The van der Waals surface area contributed by atoms with E-state index in [1.807, 2.05) is 19.1 Å². The number of anilines is 1. The van der Waals surface area contributed by atoms with Gasteiger partial charge < -0.3 is 10.1 Å². The number of para-hydroxylation sites is 1. The van der Waals surface area contributed by atoms with Crippen LogP contribution >= 0.6 is 0 Å². The van der Waals surface area contributed by atoms with Gasteiger partial charge in [-0.15, -0.1) is 0 Å². The van der Waals surface area contributed by atoms with Crippen molar-refractivity contribution in [1.29, 1.82) is 0 Å². The fraction of sp³-hybridized carbons (Fsp3) is 0.263. The van der Waals surface area contributed by atoms with Crippen LogP contribution in [0.2, 0.25) is 0 Å². The van der Waals surface area contributed by atoms with Crippen molar-refractivity contribution in [3.05, 3.63) is 59.7 Å². The van der Waals surface area contributed by atoms with E-state index in [4.69, 9.17) is 4.74 Å². The van der Waals surface area contributed by atoms with E-state index in [0.29, 0.717) is 5.69 Å². The highest BCUT2D eigenvalue weighted by molar-refractivity contribution is 7.89. The summed E-state index contributed by atoms with van der Waals surface area (Å²) < 4.78 is 31.7. The number of aryl methyl sites for hydroxylation is 1. The number of carbonyl (C=O) groups excluding carboxylic acids is 2. The molecule has 1 amide bonds. The first-order valence-electron chi connectivity index (χ1n) is 8.52. The van der Waals surface area contributed by atoms with Gasteiger partial charge in [-0.05, 0) is 49.2 Å². The first-order chi connectivity index (χ1) is 12.9. The molecule has 0 aliphatic carbocycles. The second kappa shape index (κ2) is 9.29. The average molecular weight is 390 g/mol. The van der Waals surface area contributed by atoms with Gasteiger partial charge in [-0.25, -0.2) is 17.9 Å². The Hall–Kier alpha value is -2.71. The lowest BCUT2D eigenvalue weighted by Gasteiger charge is -2.11. The molecule has 0 saturated carbocycles. The largest absolute Gasteiger partial charge is 0.462 e. The number of hydrogen-bond acceptors (Lipinski definition) is 5. The molecule has 0 bridgehead atoms. The zero-order valence-electron chi connectivity index (χ0n) is 15.2. The molecule has 0 fully saturated rings. The fourth-order valence-corrected chi connectivity index (χ4v) is 3.36. The van der Waals surface area contributed by atoms with Crippen LogP contribution in [0.4, 0.5) is 5.69 Å². The molecule has 2 aromatic carbocycles. The molecule has 8 heteroatoms. The molecule has 27 heavy (non-hydrogen) atoms. The van der Waals surface area contributed by atoms with Crippen LogP contribution in [0.5, 0.6) is 0 Å². The molecular formula is C19H22N2O5S. The Morgan fingerprint density at radius 3 is 2.30 bits per heavy atom. The summed E-state index contributed by atoms with van der Waals surface area (Å²) in [6, 6.07) is 12.6. The Labute approximate surface area is 158 Å². The Morgan fingerprint density at radius 1 is 1.00 bits per heavy atom. The normalized spacial score (nSPS) is 11.0. The van der Waals surface area contributed by atoms with Crippen molar-refractivity contribution in [2.75, 3.05) is 18.5 Å². The third-order valence-corrected chi connectivity index (χ3v) is 5.19. The molecule has 0 saturated heterocycles. The van der Waals surface area contributed by atoms with Gasteiger partial charge >= 0.3 is 5.97 Å². The molecule has 0 atom stereocenters. The van der Waals surface area contributed by atoms with Crippen molar-refractivity contribution in [2.45, 2.75) is 25.2 Å². The quantitative estimate of drug-likeness (QED) is 0.674. The summed E-state index contributed by atoms with van der Waals surface area (Å²) >= 11 is 0. The highest BCUT2D eigenvalue weighted by atomic mass is 32.2. The molecule has 2 rings (SSSR count). The van der Waals surface area contributed by atoms with Crippen molar-refractivity contribution in [1.82, 2.24) is 4.72 Å². The lowest BCUT2D eigenvalue weighted by atomic mass is 10.1. The van der Waals surface area contributed by atoms with E-state index in [2.05, 4.69) is 10.0 Å². The molecule has 0 radical (unpaired) electrons. The van der Waals surface area contributed by atoms with Gasteiger partial charge in [0.1, 0.15) is 0 Å². The van der Waals surface area contributed by atoms with Crippen LogP contribution in [0.25, 0.3) is 0 Å². The van der Waals surface area contributed by atoms with E-state index in [1.165, 1.54) is 24.3 Å². The maximum absolute atomic E-state index is 12.3. The number of hydrogen-bond donors (Lipinski definition) is 2. The van der Waals surface area contributed by atoms with Crippen molar-refractivity contribution in [3.8, 4) is 0 Å². The van der Waals surface area contributed by atoms with Gasteiger partial charge in [0.15, 0.2) is 0 Å². The maximum atomic E-state index is 12.3. The third kappa shape index (κ3) is 5.63. The summed E-state index contributed by atoms with van der Waals surface area (Å²) in [6.45, 7) is 3.48. The topological polar surface area (TPSA) is 102 Å². The molecule has 0 aliphatic rings. The highest BCUT2D eigenvalue weighted by Gasteiger charge is 2.17. The number of benzene rings is 2. The summed E-state index contributed by atoms with van der Waals surface area (Å²) in [5.41, 5.74) is 1.87. The molecule has 144 valence electrons. The molecule has 0 heterocycles. The van der Waals surface area contributed by atoms with Gasteiger partial charge in [0.05, 0.1) is 23.6 Å². The molecule has 0 aromatic heterocycles. The molecule has 7 nitrogen and oxygen atoms in total. The van der Waals surface area contributed by atoms with E-state index < -0.39 is 28.4 Å². The van der Waals surface area contributed by atoms with Gasteiger partial charge in [0.25, 0.3) is 0 Å². The van der Waals surface area contributed by atoms with Crippen LogP contribution in [0.15, 0.2) is 53.4 Å². The van der Waals surface area contributed by atoms with Gasteiger partial charge in [-0.1, -0.05) is 25.1 Å². The summed E-state index contributed by atoms with van der Waals surface area (Å²) in [7, 11) is -3.88. The first kappa shape index (κ1) is 20.6. The van der Waals surface area contributed by atoms with E-state index in [9.17, 15) is 18.0 Å². The number of ether oxygens (including phenoxy) is 1. The van der Waals surface area contributed by atoms with Gasteiger partial charge in [-0.3, -0.25) is 4.79 Å². The zero-order valence-corrected chi connectivity index (χ0v) is 16.0. The highest BCUT2D eigenvalue weighted by Crippen LogP contribution is 2.15. The molecule has 2 aromatic rings. The van der Waals surface area contributed by atoms with E-state index in [-0.39, 0.29) is 17.1 Å². The van der Waals surface area contributed by atoms with Crippen LogP contribution in [0.3, 0.4) is 0 Å². The van der Waals surface area contributed by atoms with Gasteiger partial charge in [0, 0.05) is 5.69 Å². The summed E-state index contributed by atoms with van der Waals surface area (Å²) in [6.07, 6.45) is 0.745. The van der Waals surface area contributed by atoms with Crippen LogP contribution in [0, 0.1) is 0 Å². The molecule has 0 spiro atoms. The Balaban J connectivity index is 1.99. The SMILES string of the molecule is CCOC(=O)c1ccc(S(=O)(=O)NCC(=O)Nc2ccccc2CC)cc1. The maximum Gasteiger partial charge on any atom is 0.338 e. The second-order valence-corrected chi connectivity index (χ2v) is 7.40.